The Kier molecular flexibility index (Phi) is 2.60. The van der Waals surface area contributed by atoms with Crippen molar-refractivity contribution in [1.82, 2.24) is 4.98 Å². The van der Waals surface area contributed by atoms with Crippen molar-refractivity contribution in [2.24, 2.45) is 4.99 Å². The summed E-state index contributed by atoms with van der Waals surface area (Å²) in [5, 5.41) is 1.40. The number of furan rings is 1. The fourth-order valence-electron chi connectivity index (χ4n) is 0.896. The van der Waals surface area contributed by atoms with E-state index in [0.29, 0.717) is 5.19 Å². The predicted octanol–water partition coefficient (Wildman–Crippen LogP) is 2.50. The number of hydrogen-bond donors (Lipinski definition) is 0. The average molecular weight is 208 g/mol. The van der Waals surface area contributed by atoms with Crippen LogP contribution >= 0.6 is 11.3 Å². The van der Waals surface area contributed by atoms with Crippen LogP contribution in [0.4, 0.5) is 5.00 Å². The molecule has 2 aromatic heterocycles. The SMILES string of the molecule is COc1ncc(N=Cc2ccco2)s1. The zero-order chi connectivity index (χ0) is 9.80. The molecule has 0 spiro atoms. The first-order chi connectivity index (χ1) is 6.88. The lowest BCUT2D eigenvalue weighted by molar-refractivity contribution is 0.412. The van der Waals surface area contributed by atoms with Crippen LogP contribution in [0.1, 0.15) is 5.76 Å². The summed E-state index contributed by atoms with van der Waals surface area (Å²) < 4.78 is 10.0. The van der Waals surface area contributed by atoms with Gasteiger partial charge < -0.3 is 9.15 Å². The van der Waals surface area contributed by atoms with Crippen LogP contribution in [0.25, 0.3) is 0 Å². The van der Waals surface area contributed by atoms with Gasteiger partial charge >= 0.3 is 0 Å². The minimum absolute atomic E-state index is 0.608. The average Bonchev–Trinajstić information content (AvgIpc) is 2.86. The molecule has 0 aliphatic carbocycles. The monoisotopic (exact) mass is 208 g/mol. The summed E-state index contributed by atoms with van der Waals surface area (Å²) in [7, 11) is 1.58. The van der Waals surface area contributed by atoms with Crippen molar-refractivity contribution in [2.45, 2.75) is 0 Å². The molecule has 0 aliphatic heterocycles. The highest BCUT2D eigenvalue weighted by molar-refractivity contribution is 7.17. The molecule has 2 rings (SSSR count). The minimum Gasteiger partial charge on any atom is -0.473 e. The standard InChI is InChI=1S/C9H8N2O2S/c1-12-9-11-6-8(14-9)10-5-7-3-2-4-13-7/h2-6H,1H3. The number of nitrogens with zero attached hydrogens (tertiary/aromatic N) is 2. The summed E-state index contributed by atoms with van der Waals surface area (Å²) in [5.74, 6) is 0.720. The summed E-state index contributed by atoms with van der Waals surface area (Å²) in [6.45, 7) is 0. The predicted molar refractivity (Wildman–Crippen MR) is 54.6 cm³/mol. The van der Waals surface area contributed by atoms with E-state index in [-0.39, 0.29) is 0 Å². The van der Waals surface area contributed by atoms with E-state index < -0.39 is 0 Å². The maximum atomic E-state index is 5.09. The third kappa shape index (κ3) is 2.00. The Balaban J connectivity index is 2.10. The van der Waals surface area contributed by atoms with Gasteiger partial charge in [0.1, 0.15) is 10.8 Å². The number of ether oxygens (including phenoxy) is 1. The fourth-order valence-corrected chi connectivity index (χ4v) is 1.47. The van der Waals surface area contributed by atoms with Gasteiger partial charge in [-0.15, -0.1) is 0 Å². The molecule has 2 aromatic rings. The molecule has 0 N–H and O–H groups in total. The molecule has 0 unspecified atom stereocenters. The molecule has 0 aromatic carbocycles. The molecule has 0 saturated carbocycles. The van der Waals surface area contributed by atoms with Crippen LogP contribution in [0, 0.1) is 0 Å². The first-order valence-electron chi connectivity index (χ1n) is 3.96. The molecule has 14 heavy (non-hydrogen) atoms. The third-order valence-electron chi connectivity index (χ3n) is 1.51. The summed E-state index contributed by atoms with van der Waals surface area (Å²) in [4.78, 5) is 8.16. The molecule has 0 bridgehead atoms. The van der Waals surface area contributed by atoms with Crippen LogP contribution < -0.4 is 4.74 Å². The second kappa shape index (κ2) is 4.06. The van der Waals surface area contributed by atoms with Crippen molar-refractivity contribution in [2.75, 3.05) is 7.11 Å². The Morgan fingerprint density at radius 1 is 1.64 bits per heavy atom. The number of rotatable bonds is 3. The Morgan fingerprint density at radius 2 is 2.57 bits per heavy atom. The lowest BCUT2D eigenvalue weighted by Gasteiger charge is -1.85. The number of hydrogen-bond acceptors (Lipinski definition) is 5. The van der Waals surface area contributed by atoms with Crippen molar-refractivity contribution >= 4 is 22.6 Å². The molecule has 0 fully saturated rings. The van der Waals surface area contributed by atoms with Gasteiger partial charge in [0.15, 0.2) is 0 Å². The van der Waals surface area contributed by atoms with E-state index in [4.69, 9.17) is 9.15 Å². The van der Waals surface area contributed by atoms with Crippen molar-refractivity contribution in [1.29, 1.82) is 0 Å². The minimum atomic E-state index is 0.608. The second-order valence-corrected chi connectivity index (χ2v) is 3.41. The molecule has 4 nitrogen and oxygen atoms in total. The fraction of sp³-hybridized carbons (Fsp3) is 0.111. The topological polar surface area (TPSA) is 47.6 Å². The first-order valence-corrected chi connectivity index (χ1v) is 4.77. The van der Waals surface area contributed by atoms with Crippen molar-refractivity contribution in [3.05, 3.63) is 30.4 Å². The summed E-state index contributed by atoms with van der Waals surface area (Å²) in [5.41, 5.74) is 0. The van der Waals surface area contributed by atoms with Gasteiger partial charge in [-0.1, -0.05) is 11.3 Å². The normalized spacial score (nSPS) is 10.9. The quantitative estimate of drug-likeness (QED) is 0.728. The number of thiazole rings is 1. The van der Waals surface area contributed by atoms with Gasteiger partial charge in [0.2, 0.25) is 0 Å². The van der Waals surface area contributed by atoms with Gasteiger partial charge in [-0.25, -0.2) is 9.98 Å². The third-order valence-corrected chi connectivity index (χ3v) is 2.38. The lowest BCUT2D eigenvalue weighted by atomic mass is 10.5. The Bertz CT molecular complexity index is 420. The van der Waals surface area contributed by atoms with Crippen LogP contribution in [-0.2, 0) is 0 Å². The van der Waals surface area contributed by atoms with E-state index >= 15 is 0 Å². The lowest BCUT2D eigenvalue weighted by Crippen LogP contribution is -1.76. The van der Waals surface area contributed by atoms with Gasteiger partial charge in [0, 0.05) is 0 Å². The van der Waals surface area contributed by atoms with E-state index in [1.165, 1.54) is 11.3 Å². The van der Waals surface area contributed by atoms with Crippen molar-refractivity contribution < 1.29 is 9.15 Å². The Hall–Kier alpha value is -1.62. The van der Waals surface area contributed by atoms with Crippen LogP contribution in [0.3, 0.4) is 0 Å². The largest absolute Gasteiger partial charge is 0.473 e. The molecule has 2 heterocycles. The maximum Gasteiger partial charge on any atom is 0.274 e. The molecule has 0 aliphatic rings. The molecular formula is C9H8N2O2S. The maximum absolute atomic E-state index is 5.09. The van der Waals surface area contributed by atoms with Crippen LogP contribution in [-0.4, -0.2) is 18.3 Å². The zero-order valence-corrected chi connectivity index (χ0v) is 8.32. The number of methoxy groups -OCH3 is 1. The molecule has 0 atom stereocenters. The zero-order valence-electron chi connectivity index (χ0n) is 7.51. The van der Waals surface area contributed by atoms with Crippen LogP contribution in [0.15, 0.2) is 34.0 Å². The Labute approximate surface area is 84.9 Å². The van der Waals surface area contributed by atoms with E-state index in [1.807, 2.05) is 12.1 Å². The van der Waals surface area contributed by atoms with Crippen LogP contribution in [0.5, 0.6) is 5.19 Å². The van der Waals surface area contributed by atoms with E-state index in [0.717, 1.165) is 10.8 Å². The highest BCUT2D eigenvalue weighted by Crippen LogP contribution is 2.27. The summed E-state index contributed by atoms with van der Waals surface area (Å²) in [6, 6.07) is 3.65. The smallest absolute Gasteiger partial charge is 0.274 e. The van der Waals surface area contributed by atoms with Crippen LogP contribution in [0.2, 0.25) is 0 Å². The van der Waals surface area contributed by atoms with Gasteiger partial charge in [0.05, 0.1) is 25.8 Å². The summed E-state index contributed by atoms with van der Waals surface area (Å²) in [6.07, 6.45) is 4.91. The van der Waals surface area contributed by atoms with Crippen molar-refractivity contribution in [3.8, 4) is 5.19 Å². The molecule has 72 valence electrons. The first kappa shape index (κ1) is 8.96. The number of aliphatic imine (C=N–C) groups is 1. The highest BCUT2D eigenvalue weighted by atomic mass is 32.1. The molecule has 0 saturated heterocycles. The van der Waals surface area contributed by atoms with Gasteiger partial charge in [0.25, 0.3) is 5.19 Å². The van der Waals surface area contributed by atoms with E-state index in [9.17, 15) is 0 Å². The summed E-state index contributed by atoms with van der Waals surface area (Å²) >= 11 is 1.38. The number of aromatic nitrogens is 1. The van der Waals surface area contributed by atoms with E-state index in [1.54, 1.807) is 25.8 Å². The molecule has 0 radical (unpaired) electrons. The van der Waals surface area contributed by atoms with E-state index in [2.05, 4.69) is 9.98 Å². The van der Waals surface area contributed by atoms with Gasteiger partial charge in [-0.05, 0) is 12.1 Å². The Morgan fingerprint density at radius 3 is 3.21 bits per heavy atom. The molecular weight excluding hydrogens is 200 g/mol. The molecule has 5 heteroatoms. The van der Waals surface area contributed by atoms with Crippen molar-refractivity contribution in [3.63, 3.8) is 0 Å². The highest BCUT2D eigenvalue weighted by Gasteiger charge is 1.98. The molecule has 0 amide bonds. The second-order valence-electron chi connectivity index (χ2n) is 2.44. The van der Waals surface area contributed by atoms with Gasteiger partial charge in [-0.2, -0.15) is 0 Å². The van der Waals surface area contributed by atoms with Gasteiger partial charge in [-0.3, -0.25) is 0 Å².